The number of primary amides is 1. The van der Waals surface area contributed by atoms with Crippen LogP contribution in [0.1, 0.15) is 155 Å². The Labute approximate surface area is 581 Å². The van der Waals surface area contributed by atoms with Crippen LogP contribution in [0, 0.1) is 29.6 Å². The lowest BCUT2D eigenvalue weighted by Gasteiger charge is -2.41. The maximum Gasteiger partial charge on any atom is 0.411 e. The summed E-state index contributed by atoms with van der Waals surface area (Å²) in [7, 11) is 4.74. The summed E-state index contributed by atoms with van der Waals surface area (Å²) in [5, 5.41) is 17.1. The molecule has 99 heavy (non-hydrogen) atoms. The molecular formula is C72H103N13O14. The monoisotopic (exact) mass is 1370 g/mol. The van der Waals surface area contributed by atoms with E-state index in [2.05, 4.69) is 41.9 Å². The first-order valence-corrected chi connectivity index (χ1v) is 34.9. The van der Waals surface area contributed by atoms with Gasteiger partial charge >= 0.3 is 12.1 Å². The predicted molar refractivity (Wildman–Crippen MR) is 368 cm³/mol. The number of likely N-dealkylation sites (N-methyl/N-ethyl adjacent to an activating group) is 1. The van der Waals surface area contributed by atoms with Crippen LogP contribution in [0.3, 0.4) is 0 Å². The van der Waals surface area contributed by atoms with Gasteiger partial charge in [-0.1, -0.05) is 104 Å². The number of piperidine rings is 1. The van der Waals surface area contributed by atoms with Crippen molar-refractivity contribution in [3.8, 4) is 0 Å². The molecule has 3 fully saturated rings. The quantitative estimate of drug-likeness (QED) is 0.0272. The molecule has 3 aliphatic heterocycles. The number of benzene rings is 2. The molecule has 27 nitrogen and oxygen atoms in total. The number of nitrogens with zero attached hydrogens (tertiary/aromatic N) is 6. The molecule has 2 aromatic carbocycles. The third kappa shape index (κ3) is 21.1. The average molecular weight is 1370 g/mol. The van der Waals surface area contributed by atoms with E-state index in [1.165, 1.54) is 24.2 Å². The van der Waals surface area contributed by atoms with Gasteiger partial charge in [0.2, 0.25) is 41.4 Å². The third-order valence-electron chi connectivity index (χ3n) is 19.7. The molecule has 0 radical (unpaired) electrons. The van der Waals surface area contributed by atoms with Crippen molar-refractivity contribution >= 4 is 71.0 Å². The zero-order chi connectivity index (χ0) is 72.0. The second-order valence-electron chi connectivity index (χ2n) is 27.3. The Morgan fingerprint density at radius 2 is 1.42 bits per heavy atom. The van der Waals surface area contributed by atoms with Gasteiger partial charge in [-0.25, -0.2) is 19.6 Å². The topological polar surface area (TPSA) is 352 Å². The number of hydrogen-bond acceptors (Lipinski definition) is 16. The number of rotatable bonds is 37. The second-order valence-corrected chi connectivity index (χ2v) is 27.3. The number of nitrogens with two attached hydrogens (primary N) is 1. The largest absolute Gasteiger partial charge is 0.445 e. The Bertz CT molecular complexity index is 3270. The van der Waals surface area contributed by atoms with E-state index in [9.17, 15) is 52.7 Å². The predicted octanol–water partition coefficient (Wildman–Crippen LogP) is 5.63. The number of aromatic nitrogens is 2. The summed E-state index contributed by atoms with van der Waals surface area (Å²) >= 11 is 0. The highest BCUT2D eigenvalue weighted by atomic mass is 16.6. The van der Waals surface area contributed by atoms with Crippen molar-refractivity contribution in [3.05, 3.63) is 102 Å². The summed E-state index contributed by atoms with van der Waals surface area (Å²) in [6.07, 6.45) is 9.84. The van der Waals surface area contributed by atoms with Crippen LogP contribution in [-0.2, 0) is 70.4 Å². The van der Waals surface area contributed by atoms with Gasteiger partial charge in [0, 0.05) is 83.6 Å². The highest BCUT2D eigenvalue weighted by Crippen LogP contribution is 2.43. The molecule has 8 N–H and O–H groups in total. The van der Waals surface area contributed by atoms with E-state index in [0.717, 1.165) is 10.5 Å². The van der Waals surface area contributed by atoms with Crippen molar-refractivity contribution in [1.82, 2.24) is 56.2 Å². The van der Waals surface area contributed by atoms with Crippen molar-refractivity contribution in [2.24, 2.45) is 35.3 Å². The fraction of sp³-hybridized carbons (Fsp3) is 0.597. The van der Waals surface area contributed by atoms with E-state index in [4.69, 9.17) is 19.9 Å². The number of carbonyl (C=O) groups is 11. The SMILES string of the molecule is CC[C@H](C)[C@@H]([C@@H](CC(=O)N1CCC[C@H]1C(OC)[C@@H](C)C(=O)N[C@H](Cc1ccccc1)c1ncccn1)OC)N(C)C(=O)[C@@H](NC(=O)C1[C@H]2CC[C@H](C2)N1C(=O)OCc1ccc(NC(=O)C(CCCNC(N)=O)NC(=O)[C@@H](NC(=O)CCCCCN2C(=O)C=CC2=O)C(C)C)cc1)C(C)C. The van der Waals surface area contributed by atoms with E-state index in [1.807, 2.05) is 58.0 Å². The van der Waals surface area contributed by atoms with Gasteiger partial charge in [0.05, 0.1) is 42.7 Å². The number of ether oxygens (including phenoxy) is 3. The van der Waals surface area contributed by atoms with Crippen LogP contribution in [0.5, 0.6) is 0 Å². The smallest absolute Gasteiger partial charge is 0.411 e. The molecule has 4 heterocycles. The summed E-state index contributed by atoms with van der Waals surface area (Å²) in [5.74, 6) is -4.94. The Morgan fingerprint density at radius 1 is 0.737 bits per heavy atom. The van der Waals surface area contributed by atoms with E-state index in [1.54, 1.807) is 87.5 Å². The molecule has 3 aromatic rings. The summed E-state index contributed by atoms with van der Waals surface area (Å²) in [6, 6.07) is 11.4. The van der Waals surface area contributed by atoms with Crippen molar-refractivity contribution < 1.29 is 67.0 Å². The average Bonchev–Trinajstić information content (AvgIpc) is 1.62. The Hall–Kier alpha value is -8.85. The number of nitrogens with one attached hydrogen (secondary N) is 6. The lowest BCUT2D eigenvalue weighted by Crippen LogP contribution is -2.60. The number of urea groups is 1. The number of amides is 12. The Morgan fingerprint density at radius 3 is 2.06 bits per heavy atom. The van der Waals surface area contributed by atoms with Gasteiger partial charge in [0.15, 0.2) is 5.82 Å². The number of anilines is 1. The standard InChI is InChI=1S/C72H103N13O14/c1-11-45(6)62(55(97-9)41-59(89)83-38-19-24-54(83)64(98-10)46(7)66(90)79-53(65-74-35-20-36-75-65)39-47-21-14-12-15-22-47)82(8)70(94)61(44(4)5)81-69(93)63-49-28-31-51(40-49)85(63)72(96)99-42-48-26-29-50(30-27-48)77-67(91)52(23-18-34-76-71(73)95)78-68(92)60(43(2)3)80-56(86)25-16-13-17-37-84-57(87)32-33-58(84)88/h12,14-15,20-22,26-27,29-30,32-33,35-36,43-46,49,51-55,60-64H,11,13,16-19,23-25,28,31,34,37-42H2,1-10H3,(H,77,91)(H,78,92)(H,79,90)(H,80,86)(H,81,93)(H3,73,76,95)/t45-,46+,49-,51+,52?,53+,54-,55+,60-,61-,62-,63?,64?/m0/s1. The van der Waals surface area contributed by atoms with Gasteiger partial charge in [0.25, 0.3) is 11.8 Å². The molecule has 1 aromatic heterocycles. The van der Waals surface area contributed by atoms with E-state index >= 15 is 0 Å². The molecule has 4 aliphatic rings. The molecule has 27 heteroatoms. The van der Waals surface area contributed by atoms with Crippen LogP contribution in [0.15, 0.2) is 85.2 Å². The zero-order valence-electron chi connectivity index (χ0n) is 58.9. The van der Waals surface area contributed by atoms with Crippen LogP contribution < -0.4 is 37.6 Å². The minimum Gasteiger partial charge on any atom is -0.445 e. The first-order chi connectivity index (χ1) is 47.3. The van der Waals surface area contributed by atoms with Gasteiger partial charge in [-0.3, -0.25) is 53.0 Å². The number of likely N-dealkylation sites (tertiary alicyclic amines) is 2. The maximum absolute atomic E-state index is 15.0. The van der Waals surface area contributed by atoms with Crippen LogP contribution in [0.4, 0.5) is 15.3 Å². The summed E-state index contributed by atoms with van der Waals surface area (Å²) < 4.78 is 18.1. The fourth-order valence-electron chi connectivity index (χ4n) is 14.1. The molecule has 540 valence electrons. The number of carbonyl (C=O) groups excluding carboxylic acids is 11. The number of unbranched alkanes of at least 4 members (excludes halogenated alkanes) is 2. The lowest BCUT2D eigenvalue weighted by molar-refractivity contribution is -0.148. The van der Waals surface area contributed by atoms with Crippen LogP contribution >= 0.6 is 0 Å². The van der Waals surface area contributed by atoms with Gasteiger partial charge in [-0.05, 0) is 117 Å². The molecule has 1 aliphatic carbocycles. The third-order valence-corrected chi connectivity index (χ3v) is 19.7. The number of methoxy groups -OCH3 is 2. The first-order valence-electron chi connectivity index (χ1n) is 34.9. The number of hydrogen-bond donors (Lipinski definition) is 7. The molecule has 2 bridgehead atoms. The van der Waals surface area contributed by atoms with Crippen LogP contribution in [-0.4, -0.2) is 190 Å². The highest BCUT2D eigenvalue weighted by Gasteiger charge is 2.53. The van der Waals surface area contributed by atoms with Crippen molar-refractivity contribution in [1.29, 1.82) is 0 Å². The minimum absolute atomic E-state index is 0.0745. The number of imide groups is 1. The van der Waals surface area contributed by atoms with Crippen LogP contribution in [0.2, 0.25) is 0 Å². The highest BCUT2D eigenvalue weighted by molar-refractivity contribution is 6.12. The number of fused-ring (bicyclic) bond motifs is 2. The van der Waals surface area contributed by atoms with E-state index in [-0.39, 0.29) is 105 Å². The lowest BCUT2D eigenvalue weighted by atomic mass is 9.89. The fourth-order valence-corrected chi connectivity index (χ4v) is 14.1. The molecule has 0 spiro atoms. The molecule has 12 amide bonds. The normalized spacial score (nSPS) is 19.9. The van der Waals surface area contributed by atoms with Gasteiger partial charge in [-0.15, -0.1) is 0 Å². The minimum atomic E-state index is -1.11. The Balaban J connectivity index is 0.937. The van der Waals surface area contributed by atoms with Gasteiger partial charge in [-0.2, -0.15) is 0 Å². The molecule has 1 saturated carbocycles. The van der Waals surface area contributed by atoms with E-state index in [0.29, 0.717) is 87.8 Å². The van der Waals surface area contributed by atoms with Crippen LogP contribution in [0.25, 0.3) is 0 Å². The molecule has 2 saturated heterocycles. The maximum atomic E-state index is 15.0. The zero-order valence-corrected chi connectivity index (χ0v) is 58.9. The molecule has 3 unspecified atom stereocenters. The second kappa shape index (κ2) is 37.4. The van der Waals surface area contributed by atoms with Gasteiger partial charge < -0.3 is 61.6 Å². The molecular weight excluding hydrogens is 1270 g/mol. The first kappa shape index (κ1) is 77.5. The van der Waals surface area contributed by atoms with Crippen molar-refractivity contribution in [2.45, 2.75) is 206 Å². The van der Waals surface area contributed by atoms with Crippen molar-refractivity contribution in [2.75, 3.05) is 46.2 Å². The molecule has 7 rings (SSSR count). The van der Waals surface area contributed by atoms with E-state index < -0.39 is 96.2 Å². The Kier molecular flexibility index (Phi) is 29.3. The molecule has 13 atom stereocenters. The van der Waals surface area contributed by atoms with Gasteiger partial charge in [0.1, 0.15) is 30.8 Å². The summed E-state index contributed by atoms with van der Waals surface area (Å²) in [4.78, 5) is 163. The summed E-state index contributed by atoms with van der Waals surface area (Å²) in [6.45, 7) is 13.6. The van der Waals surface area contributed by atoms with Crippen molar-refractivity contribution in [3.63, 3.8) is 0 Å². The summed E-state index contributed by atoms with van der Waals surface area (Å²) in [5.41, 5.74) is 7.18.